The molecule has 18 heavy (non-hydrogen) atoms. The van der Waals surface area contributed by atoms with E-state index in [4.69, 9.17) is 22.1 Å². The standard InChI is InChI=1S/C12H9ClN2O3/c13-9-3-1-2-4-12(9)18-8-5-6-11(15(16)17)10(14)7-8/h1-7H,14H2. The molecule has 2 rings (SSSR count). The fourth-order valence-corrected chi connectivity index (χ4v) is 1.59. The van der Waals surface area contributed by atoms with Crippen LogP contribution in [0.1, 0.15) is 0 Å². The molecule has 0 heterocycles. The second kappa shape index (κ2) is 4.93. The fraction of sp³-hybridized carbons (Fsp3) is 0. The number of ether oxygens (including phenoxy) is 1. The predicted octanol–water partition coefficient (Wildman–Crippen LogP) is 3.62. The van der Waals surface area contributed by atoms with Gasteiger partial charge in [-0.15, -0.1) is 0 Å². The van der Waals surface area contributed by atoms with Crippen LogP contribution in [-0.2, 0) is 0 Å². The van der Waals surface area contributed by atoms with Gasteiger partial charge in [0, 0.05) is 12.1 Å². The van der Waals surface area contributed by atoms with Gasteiger partial charge in [0.05, 0.1) is 9.95 Å². The van der Waals surface area contributed by atoms with E-state index in [-0.39, 0.29) is 11.4 Å². The quantitative estimate of drug-likeness (QED) is 0.522. The van der Waals surface area contributed by atoms with Crippen LogP contribution in [0.15, 0.2) is 42.5 Å². The zero-order valence-electron chi connectivity index (χ0n) is 9.17. The maximum atomic E-state index is 10.6. The van der Waals surface area contributed by atoms with Gasteiger partial charge in [-0.1, -0.05) is 23.7 Å². The normalized spacial score (nSPS) is 10.1. The molecule has 2 aromatic carbocycles. The predicted molar refractivity (Wildman–Crippen MR) is 69.0 cm³/mol. The number of nitrogen functional groups attached to an aromatic ring is 1. The van der Waals surface area contributed by atoms with Crippen molar-refractivity contribution in [2.75, 3.05) is 5.73 Å². The minimum atomic E-state index is -0.547. The van der Waals surface area contributed by atoms with Crippen molar-refractivity contribution < 1.29 is 9.66 Å². The average Bonchev–Trinajstić information content (AvgIpc) is 2.32. The van der Waals surface area contributed by atoms with Gasteiger partial charge < -0.3 is 10.5 Å². The Balaban J connectivity index is 2.29. The van der Waals surface area contributed by atoms with Crippen LogP contribution in [0.2, 0.25) is 5.02 Å². The lowest BCUT2D eigenvalue weighted by Gasteiger charge is -2.07. The van der Waals surface area contributed by atoms with Gasteiger partial charge in [-0.25, -0.2) is 0 Å². The highest BCUT2D eigenvalue weighted by Gasteiger charge is 2.12. The molecule has 2 aromatic rings. The third kappa shape index (κ3) is 2.52. The van der Waals surface area contributed by atoms with Crippen molar-refractivity contribution in [3.8, 4) is 11.5 Å². The maximum Gasteiger partial charge on any atom is 0.292 e. The Morgan fingerprint density at radius 1 is 1.22 bits per heavy atom. The maximum absolute atomic E-state index is 10.6. The lowest BCUT2D eigenvalue weighted by Crippen LogP contribution is -1.96. The van der Waals surface area contributed by atoms with Crippen molar-refractivity contribution in [3.63, 3.8) is 0 Å². The van der Waals surface area contributed by atoms with Crippen LogP contribution >= 0.6 is 11.6 Å². The second-order valence-corrected chi connectivity index (χ2v) is 3.92. The van der Waals surface area contributed by atoms with E-state index < -0.39 is 4.92 Å². The Bertz CT molecular complexity index is 602. The van der Waals surface area contributed by atoms with E-state index in [1.165, 1.54) is 18.2 Å². The summed E-state index contributed by atoms with van der Waals surface area (Å²) in [7, 11) is 0. The monoisotopic (exact) mass is 264 g/mol. The minimum Gasteiger partial charge on any atom is -0.456 e. The number of nitro benzene ring substituents is 1. The molecule has 0 unspecified atom stereocenters. The molecule has 2 N–H and O–H groups in total. The average molecular weight is 265 g/mol. The van der Waals surface area contributed by atoms with Crippen molar-refractivity contribution in [1.82, 2.24) is 0 Å². The Morgan fingerprint density at radius 3 is 2.56 bits per heavy atom. The van der Waals surface area contributed by atoms with Crippen molar-refractivity contribution in [3.05, 3.63) is 57.6 Å². The van der Waals surface area contributed by atoms with Gasteiger partial charge in [-0.2, -0.15) is 0 Å². The highest BCUT2D eigenvalue weighted by molar-refractivity contribution is 6.32. The van der Waals surface area contributed by atoms with Crippen LogP contribution in [0.5, 0.6) is 11.5 Å². The van der Waals surface area contributed by atoms with Gasteiger partial charge >= 0.3 is 0 Å². The molecule has 0 saturated carbocycles. The van der Waals surface area contributed by atoms with Crippen molar-refractivity contribution >= 4 is 23.0 Å². The van der Waals surface area contributed by atoms with Crippen LogP contribution in [-0.4, -0.2) is 4.92 Å². The first-order valence-electron chi connectivity index (χ1n) is 5.04. The van der Waals surface area contributed by atoms with E-state index in [1.807, 2.05) is 0 Å². The third-order valence-corrected chi connectivity index (χ3v) is 2.57. The summed E-state index contributed by atoms with van der Waals surface area (Å²) >= 11 is 5.93. The molecule has 5 nitrogen and oxygen atoms in total. The molecule has 0 aliphatic carbocycles. The van der Waals surface area contributed by atoms with Crippen molar-refractivity contribution in [2.45, 2.75) is 0 Å². The van der Waals surface area contributed by atoms with Crippen LogP contribution in [0.25, 0.3) is 0 Å². The molecule has 0 amide bonds. The number of nitro groups is 1. The molecular formula is C12H9ClN2O3. The van der Waals surface area contributed by atoms with Crippen molar-refractivity contribution in [2.24, 2.45) is 0 Å². The molecule has 0 aliphatic heterocycles. The number of hydrogen-bond acceptors (Lipinski definition) is 4. The molecule has 0 aromatic heterocycles. The molecule has 0 fully saturated rings. The molecule has 0 saturated heterocycles. The molecule has 92 valence electrons. The topological polar surface area (TPSA) is 78.4 Å². The number of nitrogens with two attached hydrogens (primary N) is 1. The largest absolute Gasteiger partial charge is 0.456 e. The number of benzene rings is 2. The van der Waals surface area contributed by atoms with Gasteiger partial charge in [0.15, 0.2) is 0 Å². The summed E-state index contributed by atoms with van der Waals surface area (Å²) in [5, 5.41) is 11.1. The summed E-state index contributed by atoms with van der Waals surface area (Å²) in [6.07, 6.45) is 0. The van der Waals surface area contributed by atoms with E-state index in [0.717, 1.165) is 0 Å². The van der Waals surface area contributed by atoms with E-state index in [9.17, 15) is 10.1 Å². The summed E-state index contributed by atoms with van der Waals surface area (Å²) in [4.78, 5) is 10.1. The number of para-hydroxylation sites is 1. The SMILES string of the molecule is Nc1cc(Oc2ccccc2Cl)ccc1[N+](=O)[O-]. The van der Waals surface area contributed by atoms with E-state index in [1.54, 1.807) is 24.3 Å². The summed E-state index contributed by atoms with van der Waals surface area (Å²) in [6.45, 7) is 0. The summed E-state index contributed by atoms with van der Waals surface area (Å²) in [5.74, 6) is 0.860. The summed E-state index contributed by atoms with van der Waals surface area (Å²) in [5.41, 5.74) is 5.45. The zero-order chi connectivity index (χ0) is 13.1. The first-order chi connectivity index (χ1) is 8.58. The molecule has 0 atom stereocenters. The number of rotatable bonds is 3. The lowest BCUT2D eigenvalue weighted by atomic mass is 10.2. The van der Waals surface area contributed by atoms with Crippen LogP contribution < -0.4 is 10.5 Å². The second-order valence-electron chi connectivity index (χ2n) is 3.51. The van der Waals surface area contributed by atoms with E-state index in [0.29, 0.717) is 16.5 Å². The fourth-order valence-electron chi connectivity index (χ4n) is 1.42. The lowest BCUT2D eigenvalue weighted by molar-refractivity contribution is -0.383. The van der Waals surface area contributed by atoms with Crippen LogP contribution in [0.3, 0.4) is 0 Å². The summed E-state index contributed by atoms with van der Waals surface area (Å²) in [6, 6.07) is 11.1. The smallest absolute Gasteiger partial charge is 0.292 e. The van der Waals surface area contributed by atoms with Gasteiger partial charge in [0.2, 0.25) is 0 Å². The Kier molecular flexibility index (Phi) is 3.34. The van der Waals surface area contributed by atoms with Crippen molar-refractivity contribution in [1.29, 1.82) is 0 Å². The summed E-state index contributed by atoms with van der Waals surface area (Å²) < 4.78 is 5.49. The first kappa shape index (κ1) is 12.2. The van der Waals surface area contributed by atoms with Gasteiger partial charge in [-0.3, -0.25) is 10.1 Å². The Hall–Kier alpha value is -2.27. The molecule has 0 radical (unpaired) electrons. The first-order valence-corrected chi connectivity index (χ1v) is 5.42. The third-order valence-electron chi connectivity index (χ3n) is 2.26. The number of anilines is 1. The molecular weight excluding hydrogens is 256 g/mol. The Labute approximate surface area is 108 Å². The Morgan fingerprint density at radius 2 is 1.94 bits per heavy atom. The molecule has 0 aliphatic rings. The zero-order valence-corrected chi connectivity index (χ0v) is 9.92. The minimum absolute atomic E-state index is 0.0459. The van der Waals surface area contributed by atoms with Crippen LogP contribution in [0.4, 0.5) is 11.4 Å². The number of hydrogen-bond donors (Lipinski definition) is 1. The number of nitrogens with zero attached hydrogens (tertiary/aromatic N) is 1. The van der Waals surface area contributed by atoms with E-state index >= 15 is 0 Å². The van der Waals surface area contributed by atoms with Gasteiger partial charge in [0.25, 0.3) is 5.69 Å². The highest BCUT2D eigenvalue weighted by atomic mass is 35.5. The molecule has 6 heteroatoms. The van der Waals surface area contributed by atoms with Gasteiger partial charge in [0.1, 0.15) is 17.2 Å². The van der Waals surface area contributed by atoms with E-state index in [2.05, 4.69) is 0 Å². The highest BCUT2D eigenvalue weighted by Crippen LogP contribution is 2.32. The van der Waals surface area contributed by atoms with Crippen LogP contribution in [0, 0.1) is 10.1 Å². The molecule has 0 bridgehead atoms. The van der Waals surface area contributed by atoms with Gasteiger partial charge in [-0.05, 0) is 18.2 Å². The molecule has 0 spiro atoms. The number of halogens is 1.